The maximum Gasteiger partial charge on any atom is 0.169 e. The van der Waals surface area contributed by atoms with Crippen LogP contribution in [0, 0.1) is 0 Å². The van der Waals surface area contributed by atoms with E-state index in [1.165, 1.54) is 18.4 Å². The molecule has 0 bridgehead atoms. The number of fused-ring (bicyclic) bond motifs is 2. The Bertz CT molecular complexity index is 839. The summed E-state index contributed by atoms with van der Waals surface area (Å²) in [4.78, 5) is 4.67. The zero-order chi connectivity index (χ0) is 15.1. The molecule has 4 rings (SSSR count). The molecule has 0 aliphatic heterocycles. The van der Waals surface area contributed by atoms with Crippen LogP contribution in [0.2, 0.25) is 5.02 Å². The molecule has 22 heavy (non-hydrogen) atoms. The molecule has 0 unspecified atom stereocenters. The van der Waals surface area contributed by atoms with E-state index in [1.54, 1.807) is 11.8 Å². The predicted octanol–water partition coefficient (Wildman–Crippen LogP) is 4.39. The molecule has 0 saturated heterocycles. The van der Waals surface area contributed by atoms with Crippen molar-refractivity contribution in [1.82, 2.24) is 14.7 Å². The number of nitrogens with zero attached hydrogens (tertiary/aromatic N) is 3. The van der Waals surface area contributed by atoms with Crippen LogP contribution < -0.4 is 0 Å². The third-order valence-electron chi connectivity index (χ3n) is 4.17. The van der Waals surface area contributed by atoms with E-state index < -0.39 is 0 Å². The van der Waals surface area contributed by atoms with Crippen molar-refractivity contribution in [2.45, 2.75) is 36.6 Å². The Balaban J connectivity index is 1.59. The van der Waals surface area contributed by atoms with E-state index in [4.69, 9.17) is 16.1 Å². The molecule has 2 heterocycles. The molecule has 3 aromatic rings. The fraction of sp³-hybridized carbons (Fsp3) is 0.375. The highest BCUT2D eigenvalue weighted by Gasteiger charge is 2.20. The number of halogens is 1. The van der Waals surface area contributed by atoms with Gasteiger partial charge in [-0.05, 0) is 37.5 Å². The second kappa shape index (κ2) is 5.63. The van der Waals surface area contributed by atoms with Gasteiger partial charge in [-0.2, -0.15) is 0 Å². The van der Waals surface area contributed by atoms with Crippen LogP contribution >= 0.6 is 23.4 Å². The summed E-state index contributed by atoms with van der Waals surface area (Å²) in [5.74, 6) is 1.88. The zero-order valence-corrected chi connectivity index (χ0v) is 13.9. The summed E-state index contributed by atoms with van der Waals surface area (Å²) >= 11 is 7.73. The van der Waals surface area contributed by atoms with Gasteiger partial charge in [0.2, 0.25) is 0 Å². The Kier molecular flexibility index (Phi) is 3.62. The Morgan fingerprint density at radius 2 is 2.18 bits per heavy atom. The lowest BCUT2D eigenvalue weighted by Crippen LogP contribution is -2.01. The molecule has 0 saturated carbocycles. The molecule has 0 spiro atoms. The van der Waals surface area contributed by atoms with Crippen LogP contribution in [0.3, 0.4) is 0 Å². The summed E-state index contributed by atoms with van der Waals surface area (Å²) in [6, 6.07) is 5.81. The van der Waals surface area contributed by atoms with Gasteiger partial charge in [-0.3, -0.25) is 0 Å². The molecule has 1 aliphatic rings. The number of rotatable bonds is 3. The molecule has 0 fully saturated rings. The van der Waals surface area contributed by atoms with Crippen LogP contribution in [0.15, 0.2) is 27.9 Å². The monoisotopic (exact) mass is 333 g/mol. The van der Waals surface area contributed by atoms with E-state index in [0.29, 0.717) is 5.02 Å². The van der Waals surface area contributed by atoms with Crippen LogP contribution in [0.1, 0.15) is 29.9 Å². The fourth-order valence-electron chi connectivity index (χ4n) is 2.98. The third kappa shape index (κ3) is 2.42. The number of thioether (sulfide) groups is 1. The topological polar surface area (TPSA) is 43.9 Å². The van der Waals surface area contributed by atoms with Crippen molar-refractivity contribution in [3.05, 3.63) is 40.2 Å². The summed E-state index contributed by atoms with van der Waals surface area (Å²) < 4.78 is 7.57. The number of aryl methyl sites for hydroxylation is 2. The van der Waals surface area contributed by atoms with Gasteiger partial charge in [0.15, 0.2) is 5.16 Å². The minimum absolute atomic E-state index is 0.715. The number of hydrogen-bond acceptors (Lipinski definition) is 4. The Labute approximate surface area is 137 Å². The van der Waals surface area contributed by atoms with Crippen LogP contribution in [0.25, 0.3) is 11.0 Å². The van der Waals surface area contributed by atoms with E-state index in [2.05, 4.69) is 14.7 Å². The fourth-order valence-corrected chi connectivity index (χ4v) is 4.09. The van der Waals surface area contributed by atoms with E-state index in [1.807, 2.05) is 25.2 Å². The summed E-state index contributed by atoms with van der Waals surface area (Å²) in [6.07, 6.45) is 4.56. The lowest BCUT2D eigenvalue weighted by Gasteiger charge is -2.08. The molecular weight excluding hydrogens is 318 g/mol. The minimum atomic E-state index is 0.715. The Hall–Kier alpha value is -1.46. The molecule has 6 heteroatoms. The lowest BCUT2D eigenvalue weighted by molar-refractivity contribution is 0.369. The maximum absolute atomic E-state index is 6.04. The van der Waals surface area contributed by atoms with Gasteiger partial charge < -0.3 is 9.09 Å². The SMILES string of the molecule is Cn1c(SCc2noc3c2CCCC3)nc2cc(Cl)ccc21. The smallest absolute Gasteiger partial charge is 0.169 e. The first-order valence-corrected chi connectivity index (χ1v) is 8.80. The van der Waals surface area contributed by atoms with Gasteiger partial charge in [0, 0.05) is 29.8 Å². The van der Waals surface area contributed by atoms with E-state index in [0.717, 1.165) is 46.2 Å². The van der Waals surface area contributed by atoms with Crippen molar-refractivity contribution < 1.29 is 4.52 Å². The number of aromatic nitrogens is 3. The van der Waals surface area contributed by atoms with Crippen molar-refractivity contribution in [3.63, 3.8) is 0 Å². The van der Waals surface area contributed by atoms with Gasteiger partial charge in [-0.15, -0.1) is 0 Å². The number of hydrogen-bond donors (Lipinski definition) is 0. The lowest BCUT2D eigenvalue weighted by atomic mass is 9.97. The van der Waals surface area contributed by atoms with Crippen molar-refractivity contribution in [2.24, 2.45) is 7.05 Å². The quantitative estimate of drug-likeness (QED) is 0.667. The first kappa shape index (κ1) is 14.2. The van der Waals surface area contributed by atoms with Crippen LogP contribution in [-0.2, 0) is 25.6 Å². The zero-order valence-electron chi connectivity index (χ0n) is 12.3. The molecule has 0 atom stereocenters. The summed E-state index contributed by atoms with van der Waals surface area (Å²) in [5.41, 5.74) is 4.42. The molecule has 0 radical (unpaired) electrons. The van der Waals surface area contributed by atoms with Crippen molar-refractivity contribution >= 4 is 34.4 Å². The van der Waals surface area contributed by atoms with Crippen molar-refractivity contribution in [1.29, 1.82) is 0 Å². The van der Waals surface area contributed by atoms with Crippen molar-refractivity contribution in [2.75, 3.05) is 0 Å². The van der Waals surface area contributed by atoms with Gasteiger partial charge in [0.25, 0.3) is 0 Å². The van der Waals surface area contributed by atoms with Gasteiger partial charge in [-0.25, -0.2) is 4.98 Å². The Morgan fingerprint density at radius 1 is 1.32 bits per heavy atom. The second-order valence-corrected chi connectivity index (χ2v) is 6.99. The standard InChI is InChI=1S/C16H16ClN3OS/c1-20-14-7-6-10(17)8-12(14)18-16(20)22-9-13-11-4-2-3-5-15(11)21-19-13/h6-8H,2-5,9H2,1H3. The molecule has 1 aromatic carbocycles. The number of imidazole rings is 1. The highest BCUT2D eigenvalue weighted by atomic mass is 35.5. The van der Waals surface area contributed by atoms with Crippen LogP contribution in [0.4, 0.5) is 0 Å². The molecule has 114 valence electrons. The molecule has 0 amide bonds. The van der Waals surface area contributed by atoms with Crippen molar-refractivity contribution in [3.8, 4) is 0 Å². The highest BCUT2D eigenvalue weighted by Crippen LogP contribution is 2.30. The van der Waals surface area contributed by atoms with Crippen LogP contribution in [0.5, 0.6) is 0 Å². The van der Waals surface area contributed by atoms with Gasteiger partial charge in [0.1, 0.15) is 5.76 Å². The first-order chi connectivity index (χ1) is 10.7. The molecular formula is C16H16ClN3OS. The van der Waals surface area contributed by atoms with E-state index in [9.17, 15) is 0 Å². The van der Waals surface area contributed by atoms with Gasteiger partial charge in [0.05, 0.1) is 16.7 Å². The van der Waals surface area contributed by atoms with Gasteiger partial charge in [-0.1, -0.05) is 28.5 Å². The molecule has 1 aliphatic carbocycles. The average Bonchev–Trinajstić information content (AvgIpc) is 3.07. The van der Waals surface area contributed by atoms with E-state index in [-0.39, 0.29) is 0 Å². The normalized spacial score (nSPS) is 14.5. The molecule has 2 aromatic heterocycles. The molecule has 4 nitrogen and oxygen atoms in total. The first-order valence-electron chi connectivity index (χ1n) is 7.43. The summed E-state index contributed by atoms with van der Waals surface area (Å²) in [7, 11) is 2.03. The Morgan fingerprint density at radius 3 is 3.09 bits per heavy atom. The van der Waals surface area contributed by atoms with Gasteiger partial charge >= 0.3 is 0 Å². The average molecular weight is 334 g/mol. The predicted molar refractivity (Wildman–Crippen MR) is 88.4 cm³/mol. The summed E-state index contributed by atoms with van der Waals surface area (Å²) in [6.45, 7) is 0. The number of benzene rings is 1. The minimum Gasteiger partial charge on any atom is -0.361 e. The third-order valence-corrected chi connectivity index (χ3v) is 5.45. The van der Waals surface area contributed by atoms with E-state index >= 15 is 0 Å². The largest absolute Gasteiger partial charge is 0.361 e. The highest BCUT2D eigenvalue weighted by molar-refractivity contribution is 7.98. The second-order valence-electron chi connectivity index (χ2n) is 5.61. The maximum atomic E-state index is 6.04. The summed E-state index contributed by atoms with van der Waals surface area (Å²) in [5, 5.41) is 5.95. The van der Waals surface area contributed by atoms with Crippen LogP contribution in [-0.4, -0.2) is 14.7 Å². The molecule has 0 N–H and O–H groups in total.